The van der Waals surface area contributed by atoms with Gasteiger partial charge in [0.15, 0.2) is 0 Å². The van der Waals surface area contributed by atoms with E-state index in [1.807, 2.05) is 0 Å². The Morgan fingerprint density at radius 2 is 2.00 bits per heavy atom. The Bertz CT molecular complexity index is 338. The number of Topliss-reactive ketones (excluding diaryl/α,β-unsaturated/α-hetero) is 1. The SMILES string of the molecule is O=C(c1ccc(F)cc1F)C(F)Cl. The Hall–Kier alpha value is -1.03. The molecule has 0 saturated carbocycles. The highest BCUT2D eigenvalue weighted by Gasteiger charge is 2.19. The lowest BCUT2D eigenvalue weighted by Gasteiger charge is -2.01. The van der Waals surface area contributed by atoms with Crippen LogP contribution in [0.3, 0.4) is 0 Å². The van der Waals surface area contributed by atoms with Gasteiger partial charge >= 0.3 is 0 Å². The zero-order chi connectivity index (χ0) is 10.0. The Kier molecular flexibility index (Phi) is 2.93. The van der Waals surface area contributed by atoms with Crippen LogP contribution < -0.4 is 0 Å². The van der Waals surface area contributed by atoms with E-state index in [4.69, 9.17) is 11.6 Å². The lowest BCUT2D eigenvalue weighted by atomic mass is 10.1. The molecule has 1 unspecified atom stereocenters. The minimum Gasteiger partial charge on any atom is -0.289 e. The number of rotatable bonds is 2. The van der Waals surface area contributed by atoms with Crippen molar-refractivity contribution in [3.63, 3.8) is 0 Å². The van der Waals surface area contributed by atoms with Gasteiger partial charge in [-0.25, -0.2) is 13.2 Å². The average Bonchev–Trinajstić information content (AvgIpc) is 2.03. The van der Waals surface area contributed by atoms with Crippen LogP contribution in [0.15, 0.2) is 18.2 Å². The van der Waals surface area contributed by atoms with E-state index < -0.39 is 28.6 Å². The summed E-state index contributed by atoms with van der Waals surface area (Å²) in [6.45, 7) is 0. The predicted octanol–water partition coefficient (Wildman–Crippen LogP) is 2.68. The third-order valence-electron chi connectivity index (χ3n) is 1.39. The predicted molar refractivity (Wildman–Crippen MR) is 41.4 cm³/mol. The van der Waals surface area contributed by atoms with Crippen molar-refractivity contribution in [2.75, 3.05) is 0 Å². The van der Waals surface area contributed by atoms with E-state index in [2.05, 4.69) is 0 Å². The molecule has 0 heterocycles. The third-order valence-corrected chi connectivity index (χ3v) is 1.59. The molecule has 0 N–H and O–H groups in total. The molecule has 0 aliphatic heterocycles. The van der Waals surface area contributed by atoms with E-state index in [1.54, 1.807) is 0 Å². The van der Waals surface area contributed by atoms with Crippen LogP contribution in [0.4, 0.5) is 13.2 Å². The van der Waals surface area contributed by atoms with Crippen molar-refractivity contribution in [1.29, 1.82) is 0 Å². The van der Waals surface area contributed by atoms with E-state index in [0.717, 1.165) is 12.1 Å². The summed E-state index contributed by atoms with van der Waals surface area (Å²) in [5, 5.41) is 0. The monoisotopic (exact) mass is 208 g/mol. The minimum atomic E-state index is -2.31. The summed E-state index contributed by atoms with van der Waals surface area (Å²) in [6.07, 6.45) is 0. The van der Waals surface area contributed by atoms with Gasteiger partial charge in [-0.15, -0.1) is 0 Å². The number of benzene rings is 1. The molecule has 0 spiro atoms. The lowest BCUT2D eigenvalue weighted by Crippen LogP contribution is -2.11. The van der Waals surface area contributed by atoms with Crippen LogP contribution >= 0.6 is 11.6 Å². The summed E-state index contributed by atoms with van der Waals surface area (Å²) in [4.78, 5) is 10.8. The standard InChI is InChI=1S/C8H4ClF3O/c9-8(12)7(13)5-2-1-4(10)3-6(5)11/h1-3,8H. The van der Waals surface area contributed by atoms with Gasteiger partial charge < -0.3 is 0 Å². The van der Waals surface area contributed by atoms with Crippen LogP contribution in [-0.2, 0) is 0 Å². The maximum absolute atomic E-state index is 12.8. The van der Waals surface area contributed by atoms with Gasteiger partial charge in [0.2, 0.25) is 11.4 Å². The number of alkyl halides is 2. The van der Waals surface area contributed by atoms with Crippen molar-refractivity contribution in [1.82, 2.24) is 0 Å². The Morgan fingerprint density at radius 3 is 2.46 bits per heavy atom. The van der Waals surface area contributed by atoms with Gasteiger partial charge in [0, 0.05) is 6.07 Å². The molecule has 0 fully saturated rings. The molecule has 0 amide bonds. The molecule has 0 aliphatic carbocycles. The summed E-state index contributed by atoms with van der Waals surface area (Å²) < 4.78 is 37.3. The van der Waals surface area contributed by atoms with E-state index in [0.29, 0.717) is 6.07 Å². The van der Waals surface area contributed by atoms with Gasteiger partial charge in [-0.1, -0.05) is 11.6 Å². The molecule has 1 atom stereocenters. The van der Waals surface area contributed by atoms with Crippen molar-refractivity contribution in [3.8, 4) is 0 Å². The van der Waals surface area contributed by atoms with Crippen molar-refractivity contribution < 1.29 is 18.0 Å². The fraction of sp³-hybridized carbons (Fsp3) is 0.125. The van der Waals surface area contributed by atoms with Gasteiger partial charge in [0.1, 0.15) is 11.6 Å². The molecule has 0 radical (unpaired) electrons. The Balaban J connectivity index is 3.09. The molecule has 5 heteroatoms. The highest BCUT2D eigenvalue weighted by Crippen LogP contribution is 2.14. The van der Waals surface area contributed by atoms with Crippen LogP contribution in [0.5, 0.6) is 0 Å². The van der Waals surface area contributed by atoms with Gasteiger partial charge in [0.25, 0.3) is 0 Å². The van der Waals surface area contributed by atoms with Gasteiger partial charge in [0.05, 0.1) is 5.56 Å². The zero-order valence-electron chi connectivity index (χ0n) is 6.23. The minimum absolute atomic E-state index is 0.493. The van der Waals surface area contributed by atoms with Gasteiger partial charge in [-0.3, -0.25) is 4.79 Å². The highest BCUT2D eigenvalue weighted by molar-refractivity contribution is 6.32. The Labute approximate surface area is 77.1 Å². The summed E-state index contributed by atoms with van der Waals surface area (Å²) >= 11 is 4.80. The van der Waals surface area contributed by atoms with Crippen LogP contribution in [0.2, 0.25) is 0 Å². The highest BCUT2D eigenvalue weighted by atomic mass is 35.5. The molecular weight excluding hydrogens is 205 g/mol. The fourth-order valence-electron chi connectivity index (χ4n) is 0.807. The lowest BCUT2D eigenvalue weighted by molar-refractivity contribution is 0.0930. The molecule has 1 rings (SSSR count). The quantitative estimate of drug-likeness (QED) is 0.540. The molecule has 13 heavy (non-hydrogen) atoms. The van der Waals surface area contributed by atoms with E-state index >= 15 is 0 Å². The molecule has 1 aromatic carbocycles. The fourth-order valence-corrected chi connectivity index (χ4v) is 0.924. The van der Waals surface area contributed by atoms with E-state index in [-0.39, 0.29) is 0 Å². The van der Waals surface area contributed by atoms with E-state index in [9.17, 15) is 18.0 Å². The smallest absolute Gasteiger partial charge is 0.235 e. The molecule has 0 aliphatic rings. The first kappa shape index (κ1) is 10.1. The first-order valence-corrected chi connectivity index (χ1v) is 3.73. The molecule has 0 saturated heterocycles. The third kappa shape index (κ3) is 2.21. The molecular formula is C8H4ClF3O. The van der Waals surface area contributed by atoms with Gasteiger partial charge in [-0.05, 0) is 12.1 Å². The summed E-state index contributed by atoms with van der Waals surface area (Å²) in [7, 11) is 0. The number of hydrogen-bond acceptors (Lipinski definition) is 1. The van der Waals surface area contributed by atoms with Crippen LogP contribution in [-0.4, -0.2) is 11.4 Å². The number of ketones is 1. The van der Waals surface area contributed by atoms with Crippen LogP contribution in [0, 0.1) is 11.6 Å². The second-order valence-corrected chi connectivity index (χ2v) is 2.67. The number of carbonyl (C=O) groups is 1. The normalized spacial score (nSPS) is 12.6. The maximum atomic E-state index is 12.8. The second kappa shape index (κ2) is 3.79. The first-order valence-electron chi connectivity index (χ1n) is 3.30. The van der Waals surface area contributed by atoms with E-state index in [1.165, 1.54) is 0 Å². The van der Waals surface area contributed by atoms with Gasteiger partial charge in [-0.2, -0.15) is 0 Å². The molecule has 1 nitrogen and oxygen atoms in total. The number of carbonyl (C=O) groups excluding carboxylic acids is 1. The average molecular weight is 209 g/mol. The summed E-state index contributed by atoms with van der Waals surface area (Å²) in [6, 6.07) is 2.20. The molecule has 70 valence electrons. The molecule has 1 aromatic rings. The molecule has 0 aromatic heterocycles. The Morgan fingerprint density at radius 1 is 1.38 bits per heavy atom. The van der Waals surface area contributed by atoms with Crippen LogP contribution in [0.1, 0.15) is 10.4 Å². The van der Waals surface area contributed by atoms with Crippen LogP contribution in [0.25, 0.3) is 0 Å². The number of halogens is 4. The number of hydrogen-bond donors (Lipinski definition) is 0. The second-order valence-electron chi connectivity index (χ2n) is 2.29. The maximum Gasteiger partial charge on any atom is 0.235 e. The van der Waals surface area contributed by atoms with Crippen molar-refractivity contribution in [3.05, 3.63) is 35.4 Å². The van der Waals surface area contributed by atoms with Crippen molar-refractivity contribution >= 4 is 17.4 Å². The summed E-state index contributed by atoms with van der Waals surface area (Å²) in [5.41, 5.74) is -2.86. The molecule has 0 bridgehead atoms. The topological polar surface area (TPSA) is 17.1 Å². The van der Waals surface area contributed by atoms with Crippen molar-refractivity contribution in [2.45, 2.75) is 5.63 Å². The first-order chi connectivity index (χ1) is 6.02. The van der Waals surface area contributed by atoms with Crippen molar-refractivity contribution in [2.24, 2.45) is 0 Å². The zero-order valence-corrected chi connectivity index (χ0v) is 6.99. The largest absolute Gasteiger partial charge is 0.289 e. The summed E-state index contributed by atoms with van der Waals surface area (Å²) in [5.74, 6) is -3.16.